The highest BCUT2D eigenvalue weighted by atomic mass is 32.2. The quantitative estimate of drug-likeness (QED) is 0.774. The first kappa shape index (κ1) is 19.1. The van der Waals surface area contributed by atoms with Crippen molar-refractivity contribution in [1.29, 1.82) is 0 Å². The van der Waals surface area contributed by atoms with Crippen molar-refractivity contribution < 1.29 is 21.9 Å². The number of ether oxygens (including phenoxy) is 1. The predicted molar refractivity (Wildman–Crippen MR) is 88.3 cm³/mol. The largest absolute Gasteiger partial charge is 0.435 e. The molecule has 136 valence electrons. The third-order valence-corrected chi connectivity index (χ3v) is 5.94. The van der Waals surface area contributed by atoms with Gasteiger partial charge in [0.1, 0.15) is 5.75 Å². The minimum absolute atomic E-state index is 0.0713. The van der Waals surface area contributed by atoms with Gasteiger partial charge >= 0.3 is 6.61 Å². The molecule has 0 amide bonds. The van der Waals surface area contributed by atoms with Crippen molar-refractivity contribution in [2.24, 2.45) is 0 Å². The number of nitrogens with one attached hydrogen (secondary N) is 1. The minimum atomic E-state index is -3.49. The van der Waals surface area contributed by atoms with Crippen molar-refractivity contribution in [2.75, 3.05) is 13.6 Å². The lowest BCUT2D eigenvalue weighted by molar-refractivity contribution is -0.0498. The van der Waals surface area contributed by atoms with Crippen LogP contribution in [0.4, 0.5) is 8.78 Å². The first-order chi connectivity index (χ1) is 11.4. The van der Waals surface area contributed by atoms with E-state index in [4.69, 9.17) is 0 Å². The Kier molecular flexibility index (Phi) is 6.94. The second-order valence-electron chi connectivity index (χ2n) is 5.98. The number of hydrogen-bond acceptors (Lipinski definition) is 3. The molecule has 0 radical (unpaired) electrons. The van der Waals surface area contributed by atoms with E-state index in [9.17, 15) is 17.2 Å². The molecule has 1 saturated carbocycles. The summed E-state index contributed by atoms with van der Waals surface area (Å²) in [6.45, 7) is -2.59. The monoisotopic (exact) mass is 362 g/mol. The molecule has 0 atom stereocenters. The van der Waals surface area contributed by atoms with Crippen LogP contribution in [0.5, 0.6) is 5.75 Å². The third kappa shape index (κ3) is 5.68. The first-order valence-electron chi connectivity index (χ1n) is 8.15. The summed E-state index contributed by atoms with van der Waals surface area (Å²) in [7, 11) is -1.87. The number of alkyl halides is 2. The molecule has 0 spiro atoms. The zero-order chi connectivity index (χ0) is 17.6. The maximum absolute atomic E-state index is 12.3. The van der Waals surface area contributed by atoms with Gasteiger partial charge in [0.15, 0.2) is 0 Å². The molecule has 2 rings (SSSR count). The third-order valence-electron chi connectivity index (χ3n) is 4.31. The summed E-state index contributed by atoms with van der Waals surface area (Å²) in [5, 5.41) is 0. The molecule has 5 nitrogen and oxygen atoms in total. The zero-order valence-electron chi connectivity index (χ0n) is 13.7. The Morgan fingerprint density at radius 3 is 2.42 bits per heavy atom. The van der Waals surface area contributed by atoms with Crippen LogP contribution in [0.15, 0.2) is 24.3 Å². The SMILES string of the molecule is CN(C1CCCCC1)S(=O)(=O)NCCc1ccc(OC(F)F)cc1. The van der Waals surface area contributed by atoms with Gasteiger partial charge in [-0.3, -0.25) is 0 Å². The van der Waals surface area contributed by atoms with Crippen molar-refractivity contribution >= 4 is 10.2 Å². The van der Waals surface area contributed by atoms with Gasteiger partial charge in [-0.05, 0) is 37.0 Å². The van der Waals surface area contributed by atoms with E-state index in [1.807, 2.05) is 0 Å². The molecule has 0 saturated heterocycles. The zero-order valence-corrected chi connectivity index (χ0v) is 14.6. The molecule has 1 aliphatic rings. The van der Waals surface area contributed by atoms with E-state index in [0.29, 0.717) is 6.42 Å². The Hall–Kier alpha value is -1.25. The fourth-order valence-electron chi connectivity index (χ4n) is 2.90. The van der Waals surface area contributed by atoms with Gasteiger partial charge in [-0.2, -0.15) is 21.5 Å². The Balaban J connectivity index is 1.81. The normalized spacial score (nSPS) is 16.7. The maximum atomic E-state index is 12.3. The summed E-state index contributed by atoms with van der Waals surface area (Å²) in [4.78, 5) is 0. The second kappa shape index (κ2) is 8.73. The van der Waals surface area contributed by atoms with Crippen molar-refractivity contribution in [1.82, 2.24) is 9.03 Å². The molecule has 1 aliphatic carbocycles. The molecule has 0 bridgehead atoms. The van der Waals surface area contributed by atoms with Crippen LogP contribution in [0.3, 0.4) is 0 Å². The molecular formula is C16H24F2N2O3S. The minimum Gasteiger partial charge on any atom is -0.435 e. The first-order valence-corrected chi connectivity index (χ1v) is 9.59. The maximum Gasteiger partial charge on any atom is 0.387 e. The lowest BCUT2D eigenvalue weighted by Gasteiger charge is -2.30. The van der Waals surface area contributed by atoms with E-state index >= 15 is 0 Å². The number of rotatable bonds is 8. The Bertz CT molecular complexity index is 602. The Labute approximate surface area is 142 Å². The van der Waals surface area contributed by atoms with Crippen LogP contribution >= 0.6 is 0 Å². The molecule has 0 unspecified atom stereocenters. The Morgan fingerprint density at radius 1 is 1.21 bits per heavy atom. The lowest BCUT2D eigenvalue weighted by Crippen LogP contribution is -2.45. The van der Waals surface area contributed by atoms with Crippen LogP contribution in [-0.4, -0.2) is 39.0 Å². The molecule has 0 heterocycles. The molecule has 0 aliphatic heterocycles. The fourth-order valence-corrected chi connectivity index (χ4v) is 4.07. The van der Waals surface area contributed by atoms with Crippen molar-refractivity contribution in [3.05, 3.63) is 29.8 Å². The van der Waals surface area contributed by atoms with Crippen molar-refractivity contribution in [2.45, 2.75) is 51.2 Å². The molecule has 1 fully saturated rings. The van der Waals surface area contributed by atoms with Gasteiger partial charge in [-0.1, -0.05) is 31.4 Å². The van der Waals surface area contributed by atoms with Crippen LogP contribution in [0, 0.1) is 0 Å². The van der Waals surface area contributed by atoms with E-state index in [-0.39, 0.29) is 18.3 Å². The molecule has 0 aromatic heterocycles. The van der Waals surface area contributed by atoms with E-state index in [1.54, 1.807) is 19.2 Å². The van der Waals surface area contributed by atoms with Crippen LogP contribution in [0.2, 0.25) is 0 Å². The molecular weight excluding hydrogens is 338 g/mol. The number of nitrogens with zero attached hydrogens (tertiary/aromatic N) is 1. The average Bonchev–Trinajstić information content (AvgIpc) is 2.56. The van der Waals surface area contributed by atoms with E-state index in [1.165, 1.54) is 22.9 Å². The molecule has 24 heavy (non-hydrogen) atoms. The average molecular weight is 362 g/mol. The summed E-state index contributed by atoms with van der Waals surface area (Å²) >= 11 is 0. The Morgan fingerprint density at radius 2 is 1.83 bits per heavy atom. The van der Waals surface area contributed by atoms with Gasteiger partial charge in [0.25, 0.3) is 10.2 Å². The highest BCUT2D eigenvalue weighted by Gasteiger charge is 2.26. The van der Waals surface area contributed by atoms with Gasteiger partial charge in [0.2, 0.25) is 0 Å². The van der Waals surface area contributed by atoms with E-state index in [0.717, 1.165) is 31.2 Å². The van der Waals surface area contributed by atoms with Crippen LogP contribution < -0.4 is 9.46 Å². The van der Waals surface area contributed by atoms with Gasteiger partial charge in [-0.15, -0.1) is 0 Å². The second-order valence-corrected chi connectivity index (χ2v) is 7.79. The number of halogens is 2. The molecule has 1 aromatic carbocycles. The summed E-state index contributed by atoms with van der Waals surface area (Å²) in [6, 6.07) is 6.27. The summed E-state index contributed by atoms with van der Waals surface area (Å²) in [5.74, 6) is 0.0892. The number of hydrogen-bond donors (Lipinski definition) is 1. The summed E-state index contributed by atoms with van der Waals surface area (Å²) in [6.07, 6.45) is 5.59. The highest BCUT2D eigenvalue weighted by Crippen LogP contribution is 2.23. The van der Waals surface area contributed by atoms with Crippen LogP contribution in [-0.2, 0) is 16.6 Å². The van der Waals surface area contributed by atoms with Crippen molar-refractivity contribution in [3.63, 3.8) is 0 Å². The summed E-state index contributed by atoms with van der Waals surface area (Å²) in [5.41, 5.74) is 0.847. The standard InChI is InChI=1S/C16H24F2N2O3S/c1-20(14-5-3-2-4-6-14)24(21,22)19-12-11-13-7-9-15(10-8-13)23-16(17)18/h7-10,14,16,19H,2-6,11-12H2,1H3. The topological polar surface area (TPSA) is 58.6 Å². The van der Waals surface area contributed by atoms with E-state index in [2.05, 4.69) is 9.46 Å². The van der Waals surface area contributed by atoms with Crippen molar-refractivity contribution in [3.8, 4) is 5.75 Å². The number of benzene rings is 1. The summed E-state index contributed by atoms with van der Waals surface area (Å²) < 4.78 is 57.1. The lowest BCUT2D eigenvalue weighted by atomic mass is 9.96. The highest BCUT2D eigenvalue weighted by molar-refractivity contribution is 7.87. The van der Waals surface area contributed by atoms with Gasteiger partial charge in [-0.25, -0.2) is 4.72 Å². The molecule has 8 heteroatoms. The fraction of sp³-hybridized carbons (Fsp3) is 0.625. The van der Waals surface area contributed by atoms with Crippen LogP contribution in [0.1, 0.15) is 37.7 Å². The van der Waals surface area contributed by atoms with Gasteiger partial charge in [0, 0.05) is 19.6 Å². The van der Waals surface area contributed by atoms with Gasteiger partial charge in [0.05, 0.1) is 0 Å². The van der Waals surface area contributed by atoms with Gasteiger partial charge < -0.3 is 4.74 Å². The molecule has 1 aromatic rings. The smallest absolute Gasteiger partial charge is 0.387 e. The van der Waals surface area contributed by atoms with E-state index < -0.39 is 16.8 Å². The molecule has 1 N–H and O–H groups in total. The predicted octanol–water partition coefficient (Wildman–Crippen LogP) is 2.93. The van der Waals surface area contributed by atoms with Crippen LogP contribution in [0.25, 0.3) is 0 Å².